The molecule has 0 aliphatic heterocycles. The van der Waals surface area contributed by atoms with Crippen LogP contribution in [0, 0.1) is 0 Å². The van der Waals surface area contributed by atoms with Gasteiger partial charge in [0.2, 0.25) is 0 Å². The first-order chi connectivity index (χ1) is 34.5. The lowest BCUT2D eigenvalue weighted by atomic mass is 10.0. The molecule has 0 radical (unpaired) electrons. The van der Waals surface area contributed by atoms with Crippen LogP contribution >= 0.6 is 0 Å². The number of unbranched alkanes of at least 4 members (excludes halogenated alkanes) is 31. The Kier molecular flexibility index (Phi) is 55.8. The minimum Gasteiger partial charge on any atom is -0.462 e. The molecule has 0 aromatic rings. The van der Waals surface area contributed by atoms with E-state index < -0.39 is 6.10 Å². The maximum atomic E-state index is 12.9. The highest BCUT2D eigenvalue weighted by atomic mass is 16.6. The summed E-state index contributed by atoms with van der Waals surface area (Å²) in [6.45, 7) is 6.52. The SMILES string of the molecule is CC/C=C\C/C=C\C/C=C\C/C=C\CCCCCCCCCCC(=O)OCC(COC(=O)CCCCCCCCCCCCCCCCC)OC(=O)CCCCCCC/C=C\C/C=C\CCCCCC. The zero-order chi connectivity index (χ0) is 50.7. The molecule has 0 spiro atoms. The van der Waals surface area contributed by atoms with Gasteiger partial charge < -0.3 is 14.2 Å². The van der Waals surface area contributed by atoms with Gasteiger partial charge in [-0.2, -0.15) is 0 Å². The highest BCUT2D eigenvalue weighted by Crippen LogP contribution is 2.16. The summed E-state index contributed by atoms with van der Waals surface area (Å²) in [5.41, 5.74) is 0. The Morgan fingerprint density at radius 3 is 0.886 bits per heavy atom. The fourth-order valence-electron chi connectivity index (χ4n) is 8.47. The smallest absolute Gasteiger partial charge is 0.306 e. The number of allylic oxidation sites excluding steroid dienone is 12. The number of carbonyl (C=O) groups is 3. The standard InChI is InChI=1S/C64H112O6/c1-4-7-10-13-16-19-22-25-28-30-31-32-33-34-37-39-42-45-48-51-54-57-63(66)69-60-61(59-68-62(65)56-53-50-47-44-41-38-35-27-24-21-18-15-12-9-6-3)70-64(67)58-55-52-49-46-43-40-36-29-26-23-20-17-14-11-8-5-2/h7,10,16,19-20,23,25,28-29,31-32,36,61H,4-6,8-9,11-15,17-18,21-22,24,26-27,30,33-35,37-60H2,1-3H3/b10-7-,19-16-,23-20-,28-25-,32-31-,36-29-. The van der Waals surface area contributed by atoms with Crippen molar-refractivity contribution in [2.45, 2.75) is 303 Å². The summed E-state index contributed by atoms with van der Waals surface area (Å²) in [5, 5.41) is 0. The van der Waals surface area contributed by atoms with Crippen LogP contribution in [0.15, 0.2) is 72.9 Å². The van der Waals surface area contributed by atoms with E-state index in [9.17, 15) is 14.4 Å². The van der Waals surface area contributed by atoms with E-state index >= 15 is 0 Å². The summed E-state index contributed by atoms with van der Waals surface area (Å²) in [5.74, 6) is -0.891. The van der Waals surface area contributed by atoms with Gasteiger partial charge in [0.1, 0.15) is 13.2 Å². The fourth-order valence-corrected chi connectivity index (χ4v) is 8.47. The van der Waals surface area contributed by atoms with Gasteiger partial charge in [-0.1, -0.05) is 261 Å². The third kappa shape index (κ3) is 55.8. The highest BCUT2D eigenvalue weighted by molar-refractivity contribution is 5.71. The van der Waals surface area contributed by atoms with Gasteiger partial charge in [-0.05, 0) is 89.9 Å². The van der Waals surface area contributed by atoms with E-state index in [1.165, 1.54) is 141 Å². The Balaban J connectivity index is 4.38. The second-order valence-corrected chi connectivity index (χ2v) is 19.9. The summed E-state index contributed by atoms with van der Waals surface area (Å²) in [6, 6.07) is 0. The van der Waals surface area contributed by atoms with Gasteiger partial charge >= 0.3 is 17.9 Å². The van der Waals surface area contributed by atoms with Crippen LogP contribution in [0.2, 0.25) is 0 Å². The molecule has 0 rings (SSSR count). The molecule has 0 aromatic carbocycles. The maximum Gasteiger partial charge on any atom is 0.306 e. The van der Waals surface area contributed by atoms with Crippen LogP contribution in [-0.2, 0) is 28.6 Å². The molecule has 0 fully saturated rings. The third-order valence-corrected chi connectivity index (χ3v) is 12.9. The van der Waals surface area contributed by atoms with Crippen LogP contribution in [0.1, 0.15) is 297 Å². The molecule has 404 valence electrons. The van der Waals surface area contributed by atoms with Crippen molar-refractivity contribution < 1.29 is 28.6 Å². The van der Waals surface area contributed by atoms with Crippen molar-refractivity contribution in [3.63, 3.8) is 0 Å². The molecule has 70 heavy (non-hydrogen) atoms. The number of carbonyl (C=O) groups excluding carboxylic acids is 3. The molecule has 0 aliphatic rings. The lowest BCUT2D eigenvalue weighted by Crippen LogP contribution is -2.30. The first kappa shape index (κ1) is 66.9. The summed E-state index contributed by atoms with van der Waals surface area (Å²) >= 11 is 0. The molecule has 0 saturated carbocycles. The Morgan fingerprint density at radius 1 is 0.300 bits per heavy atom. The second-order valence-electron chi connectivity index (χ2n) is 19.9. The molecule has 0 amide bonds. The molecule has 0 aromatic heterocycles. The van der Waals surface area contributed by atoms with E-state index in [-0.39, 0.29) is 31.1 Å². The normalized spacial score (nSPS) is 12.6. The quantitative estimate of drug-likeness (QED) is 0.0261. The molecular formula is C64H112O6. The first-order valence-electron chi connectivity index (χ1n) is 29.9. The number of esters is 3. The molecule has 1 unspecified atom stereocenters. The summed E-state index contributed by atoms with van der Waals surface area (Å²) in [7, 11) is 0. The van der Waals surface area contributed by atoms with E-state index in [4.69, 9.17) is 14.2 Å². The van der Waals surface area contributed by atoms with Gasteiger partial charge in [-0.3, -0.25) is 14.4 Å². The maximum absolute atomic E-state index is 12.9. The van der Waals surface area contributed by atoms with Gasteiger partial charge in [-0.15, -0.1) is 0 Å². The zero-order valence-electron chi connectivity index (χ0n) is 46.3. The molecular weight excluding hydrogens is 865 g/mol. The van der Waals surface area contributed by atoms with Crippen molar-refractivity contribution in [1.29, 1.82) is 0 Å². The third-order valence-electron chi connectivity index (χ3n) is 12.9. The van der Waals surface area contributed by atoms with Gasteiger partial charge in [0, 0.05) is 19.3 Å². The van der Waals surface area contributed by atoms with Crippen LogP contribution in [0.25, 0.3) is 0 Å². The minimum absolute atomic E-state index is 0.0810. The Labute approximate surface area is 433 Å². The lowest BCUT2D eigenvalue weighted by molar-refractivity contribution is -0.167. The fraction of sp³-hybridized carbons (Fsp3) is 0.766. The van der Waals surface area contributed by atoms with Crippen molar-refractivity contribution >= 4 is 17.9 Å². The number of hydrogen-bond donors (Lipinski definition) is 0. The van der Waals surface area contributed by atoms with E-state index in [0.29, 0.717) is 19.3 Å². The molecule has 6 heteroatoms. The van der Waals surface area contributed by atoms with Gasteiger partial charge in [0.05, 0.1) is 0 Å². The van der Waals surface area contributed by atoms with Gasteiger partial charge in [0.25, 0.3) is 0 Å². The summed E-state index contributed by atoms with van der Waals surface area (Å²) < 4.78 is 16.9. The summed E-state index contributed by atoms with van der Waals surface area (Å²) in [4.78, 5) is 38.2. The van der Waals surface area contributed by atoms with Crippen LogP contribution in [0.3, 0.4) is 0 Å². The molecule has 0 aliphatic carbocycles. The van der Waals surface area contributed by atoms with Crippen LogP contribution < -0.4 is 0 Å². The molecule has 1 atom stereocenters. The van der Waals surface area contributed by atoms with E-state index in [2.05, 4.69) is 93.7 Å². The van der Waals surface area contributed by atoms with Gasteiger partial charge in [0.15, 0.2) is 6.10 Å². The average Bonchev–Trinajstić information content (AvgIpc) is 3.36. The molecule has 0 saturated heterocycles. The van der Waals surface area contributed by atoms with Crippen LogP contribution in [-0.4, -0.2) is 37.2 Å². The molecule has 6 nitrogen and oxygen atoms in total. The van der Waals surface area contributed by atoms with E-state index in [1.54, 1.807) is 0 Å². The highest BCUT2D eigenvalue weighted by Gasteiger charge is 2.19. The lowest BCUT2D eigenvalue weighted by Gasteiger charge is -2.18. The Hall–Kier alpha value is -3.15. The second kappa shape index (κ2) is 58.4. The average molecular weight is 978 g/mol. The van der Waals surface area contributed by atoms with Crippen LogP contribution in [0.5, 0.6) is 0 Å². The molecule has 0 bridgehead atoms. The summed E-state index contributed by atoms with van der Waals surface area (Å²) in [6.07, 6.45) is 74.6. The predicted octanol–water partition coefficient (Wildman–Crippen LogP) is 20.2. The monoisotopic (exact) mass is 977 g/mol. The molecule has 0 N–H and O–H groups in total. The van der Waals surface area contributed by atoms with Crippen LogP contribution in [0.4, 0.5) is 0 Å². The molecule has 0 heterocycles. The van der Waals surface area contributed by atoms with Crippen molar-refractivity contribution in [2.24, 2.45) is 0 Å². The van der Waals surface area contributed by atoms with Gasteiger partial charge in [-0.25, -0.2) is 0 Å². The minimum atomic E-state index is -0.785. The largest absolute Gasteiger partial charge is 0.462 e. The van der Waals surface area contributed by atoms with E-state index in [1.807, 2.05) is 0 Å². The van der Waals surface area contributed by atoms with Crippen molar-refractivity contribution in [3.8, 4) is 0 Å². The number of rotatable bonds is 54. The van der Waals surface area contributed by atoms with E-state index in [0.717, 1.165) is 116 Å². The first-order valence-corrected chi connectivity index (χ1v) is 29.9. The Morgan fingerprint density at radius 2 is 0.557 bits per heavy atom. The van der Waals surface area contributed by atoms with Crippen molar-refractivity contribution in [3.05, 3.63) is 72.9 Å². The Bertz CT molecular complexity index is 1310. The van der Waals surface area contributed by atoms with Crippen molar-refractivity contribution in [2.75, 3.05) is 13.2 Å². The number of ether oxygens (including phenoxy) is 3. The number of hydrogen-bond acceptors (Lipinski definition) is 6. The predicted molar refractivity (Wildman–Crippen MR) is 302 cm³/mol. The zero-order valence-corrected chi connectivity index (χ0v) is 46.3. The van der Waals surface area contributed by atoms with Crippen molar-refractivity contribution in [1.82, 2.24) is 0 Å². The topological polar surface area (TPSA) is 78.9 Å².